The van der Waals surface area contributed by atoms with Gasteiger partial charge in [0.1, 0.15) is 11.7 Å². The molecule has 1 aromatic carbocycles. The standard InChI is InChI=1S/C36H63N5O/c1-30(2)31-19-21-32(22-20-31)39-28-23-36(24-29-39)35(42)40(27-15-8-7-14-26-38-4)34(18-12-5-6-13-25-37-3)41(36)33-16-10-9-11-17-33/h9-11,16-17,30-32,34,37-38H,5-8,12-15,18-29H2,1-4H3/t31-,32-,34?. The van der Waals surface area contributed by atoms with Crippen molar-refractivity contribution >= 4 is 11.6 Å². The van der Waals surface area contributed by atoms with Crippen molar-refractivity contribution in [2.45, 2.75) is 128 Å². The van der Waals surface area contributed by atoms with Crippen molar-refractivity contribution in [1.29, 1.82) is 0 Å². The van der Waals surface area contributed by atoms with Gasteiger partial charge in [-0.3, -0.25) is 4.79 Å². The molecular formula is C36H63N5O. The third kappa shape index (κ3) is 8.30. The smallest absolute Gasteiger partial charge is 0.250 e. The molecule has 238 valence electrons. The Balaban J connectivity index is 1.49. The Morgan fingerprint density at radius 3 is 2.00 bits per heavy atom. The predicted octanol–water partition coefficient (Wildman–Crippen LogP) is 6.66. The fourth-order valence-corrected chi connectivity index (χ4v) is 8.24. The fraction of sp³-hybridized carbons (Fsp3) is 0.806. The number of likely N-dealkylation sites (tertiary alicyclic amines) is 1. The van der Waals surface area contributed by atoms with E-state index in [1.54, 1.807) is 0 Å². The lowest BCUT2D eigenvalue weighted by Gasteiger charge is -2.48. The second kappa shape index (κ2) is 17.0. The van der Waals surface area contributed by atoms with Crippen molar-refractivity contribution in [1.82, 2.24) is 20.4 Å². The molecule has 6 nitrogen and oxygen atoms in total. The minimum Gasteiger partial charge on any atom is -0.336 e. The van der Waals surface area contributed by atoms with E-state index in [9.17, 15) is 4.79 Å². The molecular weight excluding hydrogens is 518 g/mol. The summed E-state index contributed by atoms with van der Waals surface area (Å²) in [5, 5.41) is 6.56. The average Bonchev–Trinajstić information content (AvgIpc) is 3.23. The van der Waals surface area contributed by atoms with Gasteiger partial charge in [-0.25, -0.2) is 0 Å². The third-order valence-electron chi connectivity index (χ3n) is 10.9. The van der Waals surface area contributed by atoms with E-state index in [-0.39, 0.29) is 6.17 Å². The summed E-state index contributed by atoms with van der Waals surface area (Å²) in [6, 6.07) is 11.7. The van der Waals surface area contributed by atoms with Crippen molar-refractivity contribution in [3.63, 3.8) is 0 Å². The SMILES string of the molecule is CNCCCCCCC1N(CCCCCCNC)C(=O)C2(CCN([C@H]3CC[C@H](C(C)C)CC3)CC2)N1c1ccccc1. The summed E-state index contributed by atoms with van der Waals surface area (Å²) in [7, 11) is 4.08. The van der Waals surface area contributed by atoms with Gasteiger partial charge in [0.05, 0.1) is 0 Å². The van der Waals surface area contributed by atoms with Crippen LogP contribution in [0.3, 0.4) is 0 Å². The van der Waals surface area contributed by atoms with Crippen molar-refractivity contribution in [3.05, 3.63) is 30.3 Å². The molecule has 0 aromatic heterocycles. The first-order valence-corrected chi connectivity index (χ1v) is 17.7. The van der Waals surface area contributed by atoms with Crippen LogP contribution in [0.2, 0.25) is 0 Å². The molecule has 0 bridgehead atoms. The van der Waals surface area contributed by atoms with Crippen molar-refractivity contribution in [2.24, 2.45) is 11.8 Å². The van der Waals surface area contributed by atoms with E-state index in [1.807, 2.05) is 14.1 Å². The molecule has 1 aromatic rings. The number of hydrogen-bond donors (Lipinski definition) is 2. The summed E-state index contributed by atoms with van der Waals surface area (Å²) < 4.78 is 0. The molecule has 6 heteroatoms. The van der Waals surface area contributed by atoms with Crippen LogP contribution in [-0.2, 0) is 4.79 Å². The molecule has 2 aliphatic heterocycles. The molecule has 4 rings (SSSR count). The van der Waals surface area contributed by atoms with Crippen LogP contribution in [0.1, 0.15) is 110 Å². The molecule has 1 saturated carbocycles. The number of carbonyl (C=O) groups excluding carboxylic acids is 1. The number of nitrogens with zero attached hydrogens (tertiary/aromatic N) is 3. The van der Waals surface area contributed by atoms with Gasteiger partial charge in [-0.2, -0.15) is 0 Å². The number of piperidine rings is 1. The Morgan fingerprint density at radius 1 is 0.810 bits per heavy atom. The van der Waals surface area contributed by atoms with Gasteiger partial charge >= 0.3 is 0 Å². The van der Waals surface area contributed by atoms with Crippen molar-refractivity contribution < 1.29 is 4.79 Å². The predicted molar refractivity (Wildman–Crippen MR) is 178 cm³/mol. The number of para-hydroxylation sites is 1. The molecule has 0 radical (unpaired) electrons. The molecule has 1 atom stereocenters. The number of benzene rings is 1. The maximum absolute atomic E-state index is 14.7. The first-order valence-electron chi connectivity index (χ1n) is 17.7. The number of anilines is 1. The highest BCUT2D eigenvalue weighted by molar-refractivity contribution is 5.94. The maximum atomic E-state index is 14.7. The lowest BCUT2D eigenvalue weighted by Crippen LogP contribution is -2.59. The minimum absolute atomic E-state index is 0.175. The number of hydrogen-bond acceptors (Lipinski definition) is 5. The topological polar surface area (TPSA) is 50.9 Å². The molecule has 2 heterocycles. The number of amides is 1. The zero-order chi connectivity index (χ0) is 29.8. The monoisotopic (exact) mass is 582 g/mol. The third-order valence-corrected chi connectivity index (χ3v) is 10.9. The zero-order valence-corrected chi connectivity index (χ0v) is 27.6. The van der Waals surface area contributed by atoms with Gasteiger partial charge in [0.25, 0.3) is 0 Å². The van der Waals surface area contributed by atoms with Crippen LogP contribution in [-0.4, -0.2) is 80.3 Å². The number of carbonyl (C=O) groups is 1. The maximum Gasteiger partial charge on any atom is 0.250 e. The van der Waals surface area contributed by atoms with E-state index < -0.39 is 5.54 Å². The van der Waals surface area contributed by atoms with E-state index in [0.29, 0.717) is 11.9 Å². The highest BCUT2D eigenvalue weighted by atomic mass is 16.2. The van der Waals surface area contributed by atoms with Gasteiger partial charge in [0.2, 0.25) is 5.91 Å². The lowest BCUT2D eigenvalue weighted by atomic mass is 9.78. The Hall–Kier alpha value is -1.63. The first kappa shape index (κ1) is 33.3. The van der Waals surface area contributed by atoms with Crippen LogP contribution in [0.5, 0.6) is 0 Å². The quantitative estimate of drug-likeness (QED) is 0.202. The number of rotatable bonds is 17. The van der Waals surface area contributed by atoms with E-state index in [1.165, 1.54) is 76.3 Å². The highest BCUT2D eigenvalue weighted by Gasteiger charge is 2.58. The van der Waals surface area contributed by atoms with Gasteiger partial charge < -0.3 is 25.3 Å². The van der Waals surface area contributed by atoms with Gasteiger partial charge in [0, 0.05) is 31.4 Å². The summed E-state index contributed by atoms with van der Waals surface area (Å²) in [6.07, 6.45) is 18.3. The largest absolute Gasteiger partial charge is 0.336 e. The summed E-state index contributed by atoms with van der Waals surface area (Å²) >= 11 is 0. The second-order valence-electron chi connectivity index (χ2n) is 13.9. The Bertz CT molecular complexity index is 891. The molecule has 1 unspecified atom stereocenters. The van der Waals surface area contributed by atoms with Crippen molar-refractivity contribution in [3.8, 4) is 0 Å². The Kier molecular flexibility index (Phi) is 13.5. The summed E-state index contributed by atoms with van der Waals surface area (Å²) in [5.41, 5.74) is 0.851. The summed E-state index contributed by atoms with van der Waals surface area (Å²) in [6.45, 7) is 9.98. The van der Waals surface area contributed by atoms with Crippen LogP contribution in [0.25, 0.3) is 0 Å². The van der Waals surface area contributed by atoms with Crippen LogP contribution in [0.15, 0.2) is 30.3 Å². The molecule has 1 aliphatic carbocycles. The van der Waals surface area contributed by atoms with Crippen LogP contribution >= 0.6 is 0 Å². The fourth-order valence-electron chi connectivity index (χ4n) is 8.24. The van der Waals surface area contributed by atoms with Gasteiger partial charge in [-0.15, -0.1) is 0 Å². The normalized spacial score (nSPS) is 24.8. The minimum atomic E-state index is -0.393. The summed E-state index contributed by atoms with van der Waals surface area (Å²) in [4.78, 5) is 22.4. The number of unbranched alkanes of at least 4 members (excludes halogenated alkanes) is 6. The highest BCUT2D eigenvalue weighted by Crippen LogP contribution is 2.45. The van der Waals surface area contributed by atoms with Crippen LogP contribution < -0.4 is 15.5 Å². The molecule has 3 fully saturated rings. The van der Waals surface area contributed by atoms with E-state index in [2.05, 4.69) is 69.5 Å². The molecule has 2 N–H and O–H groups in total. The van der Waals surface area contributed by atoms with Gasteiger partial charge in [-0.1, -0.05) is 57.7 Å². The molecule has 1 spiro atoms. The molecule has 1 amide bonds. The number of nitrogens with one attached hydrogen (secondary N) is 2. The summed E-state index contributed by atoms with van der Waals surface area (Å²) in [5.74, 6) is 2.12. The Morgan fingerprint density at radius 2 is 1.40 bits per heavy atom. The second-order valence-corrected chi connectivity index (χ2v) is 13.9. The molecule has 3 aliphatic rings. The van der Waals surface area contributed by atoms with E-state index >= 15 is 0 Å². The molecule has 2 saturated heterocycles. The van der Waals surface area contributed by atoms with E-state index in [4.69, 9.17) is 0 Å². The van der Waals surface area contributed by atoms with E-state index in [0.717, 1.165) is 70.2 Å². The van der Waals surface area contributed by atoms with Crippen LogP contribution in [0.4, 0.5) is 5.69 Å². The van der Waals surface area contributed by atoms with Gasteiger partial charge in [-0.05, 0) is 122 Å². The zero-order valence-electron chi connectivity index (χ0n) is 27.6. The molecule has 42 heavy (non-hydrogen) atoms. The van der Waals surface area contributed by atoms with Crippen molar-refractivity contribution in [2.75, 3.05) is 51.7 Å². The lowest BCUT2D eigenvalue weighted by molar-refractivity contribution is -0.135. The van der Waals surface area contributed by atoms with Gasteiger partial charge in [0.15, 0.2) is 0 Å². The van der Waals surface area contributed by atoms with Crippen LogP contribution in [0, 0.1) is 11.8 Å². The average molecular weight is 582 g/mol. The Labute approximate surface area is 258 Å². The first-order chi connectivity index (χ1) is 20.5.